The number of nitrogens with one attached hydrogen (secondary N) is 1. The van der Waals surface area contributed by atoms with Crippen LogP contribution in [0.2, 0.25) is 0 Å². The Hall–Kier alpha value is -2.02. The molecule has 0 spiro atoms. The summed E-state index contributed by atoms with van der Waals surface area (Å²) in [6.07, 6.45) is 1.58. The average Bonchev–Trinajstić information content (AvgIpc) is 2.51. The van der Waals surface area contributed by atoms with Crippen molar-refractivity contribution in [3.8, 4) is 5.75 Å². The van der Waals surface area contributed by atoms with E-state index >= 15 is 0 Å². The second-order valence-electron chi connectivity index (χ2n) is 7.24. The minimum Gasteiger partial charge on any atom is -0.493 e. The van der Waals surface area contributed by atoms with E-state index in [-0.39, 0.29) is 11.2 Å². The van der Waals surface area contributed by atoms with Crippen LogP contribution < -0.4 is 15.8 Å². The van der Waals surface area contributed by atoms with Gasteiger partial charge in [-0.1, -0.05) is 6.07 Å². The SMILES string of the molecule is CC(C)(C)OC(=O)N1CCC(COc2cccc(NC(N)=S)c2)CC1. The van der Waals surface area contributed by atoms with Gasteiger partial charge in [-0.15, -0.1) is 0 Å². The molecule has 138 valence electrons. The Kier molecular flexibility index (Phi) is 6.47. The first kappa shape index (κ1) is 19.3. The molecule has 0 aliphatic carbocycles. The molecule has 1 aromatic carbocycles. The van der Waals surface area contributed by atoms with Crippen LogP contribution in [0.1, 0.15) is 33.6 Å². The Morgan fingerprint density at radius 3 is 2.64 bits per heavy atom. The fourth-order valence-electron chi connectivity index (χ4n) is 2.63. The molecular weight excluding hydrogens is 338 g/mol. The number of hydrogen-bond donors (Lipinski definition) is 2. The highest BCUT2D eigenvalue weighted by molar-refractivity contribution is 7.80. The maximum atomic E-state index is 12.1. The molecule has 25 heavy (non-hydrogen) atoms. The fourth-order valence-corrected chi connectivity index (χ4v) is 2.75. The number of amides is 1. The third kappa shape index (κ3) is 6.78. The highest BCUT2D eigenvalue weighted by atomic mass is 32.1. The summed E-state index contributed by atoms with van der Waals surface area (Å²) in [5.74, 6) is 1.20. The fraction of sp³-hybridized carbons (Fsp3) is 0.556. The lowest BCUT2D eigenvalue weighted by Crippen LogP contribution is -2.42. The molecule has 1 aliphatic rings. The number of nitrogens with zero attached hydrogens (tertiary/aromatic N) is 1. The lowest BCUT2D eigenvalue weighted by Gasteiger charge is -2.33. The summed E-state index contributed by atoms with van der Waals surface area (Å²) < 4.78 is 11.3. The number of hydrogen-bond acceptors (Lipinski definition) is 4. The summed E-state index contributed by atoms with van der Waals surface area (Å²) in [6, 6.07) is 7.54. The molecule has 0 aromatic heterocycles. The van der Waals surface area contributed by atoms with Crippen molar-refractivity contribution in [3.63, 3.8) is 0 Å². The van der Waals surface area contributed by atoms with Gasteiger partial charge < -0.3 is 25.4 Å². The van der Waals surface area contributed by atoms with Gasteiger partial charge in [0.15, 0.2) is 5.11 Å². The molecule has 2 rings (SSSR count). The average molecular weight is 365 g/mol. The Morgan fingerprint density at radius 1 is 1.36 bits per heavy atom. The molecule has 1 amide bonds. The first-order chi connectivity index (χ1) is 11.7. The van der Waals surface area contributed by atoms with Crippen LogP contribution in [-0.4, -0.2) is 41.4 Å². The molecule has 1 heterocycles. The van der Waals surface area contributed by atoms with Gasteiger partial charge in [-0.25, -0.2) is 4.79 Å². The van der Waals surface area contributed by atoms with Crippen LogP contribution in [0.3, 0.4) is 0 Å². The topological polar surface area (TPSA) is 76.8 Å². The Labute approximate surface area is 154 Å². The van der Waals surface area contributed by atoms with E-state index in [1.165, 1.54) is 0 Å². The van der Waals surface area contributed by atoms with Gasteiger partial charge in [-0.3, -0.25) is 0 Å². The van der Waals surface area contributed by atoms with Crippen molar-refractivity contribution < 1.29 is 14.3 Å². The summed E-state index contributed by atoms with van der Waals surface area (Å²) >= 11 is 4.84. The van der Waals surface area contributed by atoms with Gasteiger partial charge in [0.05, 0.1) is 6.61 Å². The Bertz CT molecular complexity index is 608. The standard InChI is InChI=1S/C18H27N3O3S/c1-18(2,3)24-17(22)21-9-7-13(8-10-21)12-23-15-6-4-5-14(11-15)20-16(19)25/h4-6,11,13H,7-10,12H2,1-3H3,(H3,19,20,25). The maximum Gasteiger partial charge on any atom is 0.410 e. The van der Waals surface area contributed by atoms with Gasteiger partial charge in [-0.2, -0.15) is 0 Å². The normalized spacial score (nSPS) is 15.6. The van der Waals surface area contributed by atoms with Crippen LogP contribution in [0.4, 0.5) is 10.5 Å². The number of thiocarbonyl (C=S) groups is 1. The predicted octanol–water partition coefficient (Wildman–Crippen LogP) is 3.37. The molecule has 0 unspecified atom stereocenters. The van der Waals surface area contributed by atoms with Crippen LogP contribution in [0, 0.1) is 5.92 Å². The van der Waals surface area contributed by atoms with E-state index in [1.54, 1.807) is 4.90 Å². The van der Waals surface area contributed by atoms with E-state index in [2.05, 4.69) is 5.32 Å². The molecule has 1 fully saturated rings. The van der Waals surface area contributed by atoms with E-state index in [9.17, 15) is 4.79 Å². The van der Waals surface area contributed by atoms with Gasteiger partial charge in [0.1, 0.15) is 11.4 Å². The van der Waals surface area contributed by atoms with Crippen molar-refractivity contribution in [2.24, 2.45) is 11.7 Å². The molecule has 3 N–H and O–H groups in total. The maximum absolute atomic E-state index is 12.1. The first-order valence-corrected chi connectivity index (χ1v) is 8.91. The van der Waals surface area contributed by atoms with Gasteiger partial charge >= 0.3 is 6.09 Å². The summed E-state index contributed by atoms with van der Waals surface area (Å²) in [5.41, 5.74) is 5.83. The zero-order chi connectivity index (χ0) is 18.4. The largest absolute Gasteiger partial charge is 0.493 e. The van der Waals surface area contributed by atoms with Crippen molar-refractivity contribution in [1.82, 2.24) is 4.90 Å². The van der Waals surface area contributed by atoms with E-state index in [1.807, 2.05) is 45.0 Å². The van der Waals surface area contributed by atoms with Gasteiger partial charge in [0.25, 0.3) is 0 Å². The van der Waals surface area contributed by atoms with Crippen molar-refractivity contribution in [1.29, 1.82) is 0 Å². The van der Waals surface area contributed by atoms with Crippen molar-refractivity contribution >= 4 is 29.1 Å². The number of rotatable bonds is 4. The van der Waals surface area contributed by atoms with Crippen molar-refractivity contribution in [2.75, 3.05) is 25.0 Å². The number of piperidine rings is 1. The first-order valence-electron chi connectivity index (χ1n) is 8.50. The number of benzene rings is 1. The van der Waals surface area contributed by atoms with Crippen LogP contribution in [-0.2, 0) is 4.74 Å². The molecule has 1 aliphatic heterocycles. The number of carbonyl (C=O) groups is 1. The van der Waals surface area contributed by atoms with Crippen LogP contribution in [0.5, 0.6) is 5.75 Å². The Morgan fingerprint density at radius 2 is 2.04 bits per heavy atom. The minimum atomic E-state index is -0.456. The smallest absolute Gasteiger partial charge is 0.410 e. The summed E-state index contributed by atoms with van der Waals surface area (Å²) in [6.45, 7) is 7.67. The predicted molar refractivity (Wildman–Crippen MR) is 103 cm³/mol. The summed E-state index contributed by atoms with van der Waals surface area (Å²) in [5, 5.41) is 3.12. The van der Waals surface area contributed by atoms with E-state index in [0.29, 0.717) is 25.6 Å². The van der Waals surface area contributed by atoms with Crippen LogP contribution in [0.15, 0.2) is 24.3 Å². The molecule has 7 heteroatoms. The molecular formula is C18H27N3O3S. The van der Waals surface area contributed by atoms with Gasteiger partial charge in [-0.05, 0) is 63.9 Å². The Balaban J connectivity index is 1.77. The quantitative estimate of drug-likeness (QED) is 0.797. The molecule has 0 atom stereocenters. The third-order valence-corrected chi connectivity index (χ3v) is 3.96. The van der Waals surface area contributed by atoms with Crippen molar-refractivity contribution in [2.45, 2.75) is 39.2 Å². The highest BCUT2D eigenvalue weighted by Gasteiger charge is 2.27. The monoisotopic (exact) mass is 365 g/mol. The molecule has 0 bridgehead atoms. The number of ether oxygens (including phenoxy) is 2. The number of likely N-dealkylation sites (tertiary alicyclic amines) is 1. The van der Waals surface area contributed by atoms with Gasteiger partial charge in [0, 0.05) is 24.8 Å². The van der Waals surface area contributed by atoms with Gasteiger partial charge in [0.2, 0.25) is 0 Å². The molecule has 1 saturated heterocycles. The molecule has 0 radical (unpaired) electrons. The zero-order valence-corrected chi connectivity index (χ0v) is 15.9. The molecule has 1 aromatic rings. The molecule has 6 nitrogen and oxygen atoms in total. The molecule has 0 saturated carbocycles. The van der Waals surface area contributed by atoms with E-state index < -0.39 is 5.60 Å². The zero-order valence-electron chi connectivity index (χ0n) is 15.1. The van der Waals surface area contributed by atoms with Crippen molar-refractivity contribution in [3.05, 3.63) is 24.3 Å². The number of anilines is 1. The van der Waals surface area contributed by atoms with Crippen LogP contribution in [0.25, 0.3) is 0 Å². The van der Waals surface area contributed by atoms with Crippen LogP contribution >= 0.6 is 12.2 Å². The number of carbonyl (C=O) groups excluding carboxylic acids is 1. The second kappa shape index (κ2) is 8.38. The second-order valence-corrected chi connectivity index (χ2v) is 7.68. The highest BCUT2D eigenvalue weighted by Crippen LogP contribution is 2.22. The summed E-state index contributed by atoms with van der Waals surface area (Å²) in [7, 11) is 0. The van der Waals surface area contributed by atoms with E-state index in [0.717, 1.165) is 24.3 Å². The third-order valence-electron chi connectivity index (χ3n) is 3.85. The number of nitrogens with two attached hydrogens (primary N) is 1. The summed E-state index contributed by atoms with van der Waals surface area (Å²) in [4.78, 5) is 13.8. The lowest BCUT2D eigenvalue weighted by atomic mass is 9.98. The van der Waals surface area contributed by atoms with E-state index in [4.69, 9.17) is 27.4 Å². The lowest BCUT2D eigenvalue weighted by molar-refractivity contribution is 0.0165. The minimum absolute atomic E-state index is 0.228.